The van der Waals surface area contributed by atoms with E-state index < -0.39 is 17.5 Å². The first kappa shape index (κ1) is 29.5. The molecule has 0 aliphatic heterocycles. The number of hydrogen-bond acceptors (Lipinski definition) is 9. The molecule has 0 bridgehead atoms. The topological polar surface area (TPSA) is 152 Å². The molecule has 0 aliphatic rings. The summed E-state index contributed by atoms with van der Waals surface area (Å²) in [6.45, 7) is 2.95. The van der Waals surface area contributed by atoms with Crippen LogP contribution in [0.25, 0.3) is 44.2 Å². The molecule has 3 heterocycles. The molecule has 3 aromatic carbocycles. The van der Waals surface area contributed by atoms with Gasteiger partial charge in [0, 0.05) is 41.2 Å². The van der Waals surface area contributed by atoms with Crippen LogP contribution in [-0.4, -0.2) is 62.8 Å². The van der Waals surface area contributed by atoms with E-state index in [1.54, 1.807) is 37.3 Å². The Morgan fingerprint density at radius 2 is 1.84 bits per heavy atom. The van der Waals surface area contributed by atoms with Gasteiger partial charge in [-0.25, -0.2) is 23.8 Å². The van der Waals surface area contributed by atoms with E-state index in [0.717, 1.165) is 6.07 Å². The van der Waals surface area contributed by atoms with Gasteiger partial charge in [0.15, 0.2) is 5.65 Å². The highest BCUT2D eigenvalue weighted by Gasteiger charge is 2.27. The van der Waals surface area contributed by atoms with Crippen LogP contribution in [0.2, 0.25) is 0 Å². The second-order valence-corrected chi connectivity index (χ2v) is 10.9. The Kier molecular flexibility index (Phi) is 7.73. The second kappa shape index (κ2) is 11.8. The van der Waals surface area contributed by atoms with Gasteiger partial charge in [0.05, 0.1) is 10.8 Å². The standard InChI is InChI=1S/C33H30FN7O4/c1-18(41-31-27(30(35)37-17-38-31)28(39-41)21-14-22(34)16-23(42)15-21)29-26(24-9-4-5-10-25(24)33(44)45-29)19-7-6-8-20(13-19)32(43)36-11-12-40(2)3/h4-10,13-18,42H,11-12H2,1-3H3,(H,36,43)(H2,35,37,38). The Morgan fingerprint density at radius 1 is 1.07 bits per heavy atom. The van der Waals surface area contributed by atoms with Crippen molar-refractivity contribution in [3.63, 3.8) is 0 Å². The van der Waals surface area contributed by atoms with Crippen LogP contribution < -0.4 is 16.7 Å². The van der Waals surface area contributed by atoms with Crippen molar-refractivity contribution in [2.24, 2.45) is 0 Å². The van der Waals surface area contributed by atoms with Crippen molar-refractivity contribution in [3.8, 4) is 28.1 Å². The molecule has 0 saturated carbocycles. The summed E-state index contributed by atoms with van der Waals surface area (Å²) < 4.78 is 21.9. The van der Waals surface area contributed by atoms with E-state index in [9.17, 15) is 19.1 Å². The molecule has 228 valence electrons. The zero-order chi connectivity index (χ0) is 31.8. The number of carbonyl (C=O) groups is 1. The van der Waals surface area contributed by atoms with Gasteiger partial charge in [-0.2, -0.15) is 5.10 Å². The van der Waals surface area contributed by atoms with E-state index in [-0.39, 0.29) is 34.5 Å². The molecule has 3 aromatic heterocycles. The lowest BCUT2D eigenvalue weighted by Crippen LogP contribution is -2.31. The lowest BCUT2D eigenvalue weighted by atomic mass is 9.94. The molecule has 0 fully saturated rings. The SMILES string of the molecule is CC(c1oc(=O)c2ccccc2c1-c1cccc(C(=O)NCCN(C)C)c1)n1nc(-c2cc(O)cc(F)c2)c2c(N)ncnc21. The highest BCUT2D eigenvalue weighted by Crippen LogP contribution is 2.39. The number of aromatic nitrogens is 4. The van der Waals surface area contributed by atoms with Gasteiger partial charge < -0.3 is 25.5 Å². The molecule has 11 nitrogen and oxygen atoms in total. The number of phenols is 1. The van der Waals surface area contributed by atoms with Crippen molar-refractivity contribution in [2.75, 3.05) is 32.9 Å². The third-order valence-electron chi connectivity index (χ3n) is 7.54. The third-order valence-corrected chi connectivity index (χ3v) is 7.54. The number of rotatable bonds is 8. The number of nitrogens with zero attached hydrogens (tertiary/aromatic N) is 5. The lowest BCUT2D eigenvalue weighted by Gasteiger charge is -2.18. The van der Waals surface area contributed by atoms with Crippen molar-refractivity contribution in [1.82, 2.24) is 30.0 Å². The van der Waals surface area contributed by atoms with E-state index >= 15 is 0 Å². The van der Waals surface area contributed by atoms with Crippen molar-refractivity contribution in [1.29, 1.82) is 0 Å². The Labute approximate surface area is 256 Å². The number of fused-ring (bicyclic) bond motifs is 2. The summed E-state index contributed by atoms with van der Waals surface area (Å²) in [5.41, 5.74) is 8.22. The molecule has 6 rings (SSSR count). The highest BCUT2D eigenvalue weighted by molar-refractivity contribution is 6.01. The number of likely N-dealkylation sites (N-methyl/N-ethyl adjacent to an activating group) is 1. The Balaban J connectivity index is 1.54. The fourth-order valence-corrected chi connectivity index (χ4v) is 5.41. The van der Waals surface area contributed by atoms with Crippen LogP contribution in [0, 0.1) is 5.82 Å². The number of halogens is 1. The number of carbonyl (C=O) groups excluding carboxylic acids is 1. The molecule has 0 aliphatic carbocycles. The molecule has 4 N–H and O–H groups in total. The smallest absolute Gasteiger partial charge is 0.343 e. The number of aromatic hydroxyl groups is 1. The van der Waals surface area contributed by atoms with Crippen LogP contribution in [0.5, 0.6) is 5.75 Å². The maximum absolute atomic E-state index is 14.3. The minimum atomic E-state index is -0.748. The van der Waals surface area contributed by atoms with Crippen LogP contribution in [0.4, 0.5) is 10.2 Å². The number of nitrogens with one attached hydrogen (secondary N) is 1. The molecule has 1 unspecified atom stereocenters. The summed E-state index contributed by atoms with van der Waals surface area (Å²) >= 11 is 0. The van der Waals surface area contributed by atoms with Gasteiger partial charge in [0.2, 0.25) is 0 Å². The molecule has 12 heteroatoms. The van der Waals surface area contributed by atoms with E-state index in [2.05, 4.69) is 15.3 Å². The minimum absolute atomic E-state index is 0.102. The van der Waals surface area contributed by atoms with Gasteiger partial charge in [-0.05, 0) is 56.9 Å². The van der Waals surface area contributed by atoms with E-state index in [1.165, 1.54) is 23.1 Å². The maximum atomic E-state index is 14.3. The Bertz CT molecular complexity index is 2120. The molecule has 6 aromatic rings. The first-order chi connectivity index (χ1) is 21.6. The Morgan fingerprint density at radius 3 is 2.60 bits per heavy atom. The summed E-state index contributed by atoms with van der Waals surface area (Å²) in [6.07, 6.45) is 1.28. The Hall–Kier alpha value is -5.62. The zero-order valence-electron chi connectivity index (χ0n) is 24.8. The van der Waals surface area contributed by atoms with E-state index in [1.807, 2.05) is 37.2 Å². The number of nitrogen functional groups attached to an aromatic ring is 1. The van der Waals surface area contributed by atoms with Crippen molar-refractivity contribution < 1.29 is 18.7 Å². The highest BCUT2D eigenvalue weighted by atomic mass is 19.1. The number of phenolic OH excluding ortho intramolecular Hbond substituents is 1. The molecule has 45 heavy (non-hydrogen) atoms. The summed E-state index contributed by atoms with van der Waals surface area (Å²) in [5, 5.41) is 19.1. The van der Waals surface area contributed by atoms with Crippen LogP contribution in [-0.2, 0) is 0 Å². The third kappa shape index (κ3) is 5.58. The molecular formula is C33H30FN7O4. The maximum Gasteiger partial charge on any atom is 0.343 e. The minimum Gasteiger partial charge on any atom is -0.508 e. The zero-order valence-corrected chi connectivity index (χ0v) is 24.8. The van der Waals surface area contributed by atoms with Crippen LogP contribution in [0.1, 0.15) is 29.1 Å². The molecule has 0 saturated heterocycles. The fourth-order valence-electron chi connectivity index (χ4n) is 5.41. The fraction of sp³-hybridized carbons (Fsp3) is 0.182. The van der Waals surface area contributed by atoms with E-state index in [4.69, 9.17) is 15.2 Å². The van der Waals surface area contributed by atoms with E-state index in [0.29, 0.717) is 51.6 Å². The van der Waals surface area contributed by atoms with Crippen LogP contribution >= 0.6 is 0 Å². The van der Waals surface area contributed by atoms with Gasteiger partial charge in [0.1, 0.15) is 41.2 Å². The predicted octanol–water partition coefficient (Wildman–Crippen LogP) is 4.59. The quantitative estimate of drug-likeness (QED) is 0.225. The van der Waals surface area contributed by atoms with Gasteiger partial charge >= 0.3 is 5.63 Å². The number of amides is 1. The first-order valence-corrected chi connectivity index (χ1v) is 14.2. The average Bonchev–Trinajstić information content (AvgIpc) is 3.41. The van der Waals surface area contributed by atoms with Crippen molar-refractivity contribution in [3.05, 3.63) is 101 Å². The number of anilines is 1. The number of nitrogens with two attached hydrogens (primary N) is 1. The molecule has 1 atom stereocenters. The summed E-state index contributed by atoms with van der Waals surface area (Å²) in [6, 6.07) is 17.0. The van der Waals surface area contributed by atoms with Gasteiger partial charge in [-0.1, -0.05) is 30.3 Å². The normalized spacial score (nSPS) is 12.2. The number of benzene rings is 3. The van der Waals surface area contributed by atoms with Crippen molar-refractivity contribution >= 4 is 33.5 Å². The van der Waals surface area contributed by atoms with Gasteiger partial charge in [-0.15, -0.1) is 0 Å². The molecule has 0 radical (unpaired) electrons. The average molecular weight is 608 g/mol. The lowest BCUT2D eigenvalue weighted by molar-refractivity contribution is 0.0951. The van der Waals surface area contributed by atoms with Gasteiger partial charge in [0.25, 0.3) is 5.91 Å². The van der Waals surface area contributed by atoms with Crippen LogP contribution in [0.3, 0.4) is 0 Å². The van der Waals surface area contributed by atoms with Crippen LogP contribution in [0.15, 0.2) is 82.3 Å². The molecular weight excluding hydrogens is 577 g/mol. The number of hydrogen-bond donors (Lipinski definition) is 3. The monoisotopic (exact) mass is 607 g/mol. The molecule has 0 spiro atoms. The summed E-state index contributed by atoms with van der Waals surface area (Å²) in [4.78, 5) is 36.9. The molecule has 1 amide bonds. The predicted molar refractivity (Wildman–Crippen MR) is 169 cm³/mol. The summed E-state index contributed by atoms with van der Waals surface area (Å²) in [5.74, 6) is -0.818. The van der Waals surface area contributed by atoms with Gasteiger partial charge in [-0.3, -0.25) is 4.79 Å². The first-order valence-electron chi connectivity index (χ1n) is 14.2. The van der Waals surface area contributed by atoms with Crippen molar-refractivity contribution in [2.45, 2.75) is 13.0 Å². The second-order valence-electron chi connectivity index (χ2n) is 10.9. The summed E-state index contributed by atoms with van der Waals surface area (Å²) in [7, 11) is 3.86. The largest absolute Gasteiger partial charge is 0.508 e.